The van der Waals surface area contributed by atoms with E-state index in [1.807, 2.05) is 30.3 Å². The second-order valence-electron chi connectivity index (χ2n) is 4.13. The fraction of sp³-hybridized carbons (Fsp3) is 0.0667. The van der Waals surface area contributed by atoms with E-state index in [1.54, 1.807) is 12.1 Å². The maximum absolute atomic E-state index is 11.6. The molecule has 0 saturated carbocycles. The molecule has 0 atom stereocenters. The first-order valence-electron chi connectivity index (χ1n) is 6.14. The number of non-ortho nitro benzene ring substituents is 1. The van der Waals surface area contributed by atoms with Crippen molar-refractivity contribution in [2.75, 3.05) is 0 Å². The van der Waals surface area contributed by atoms with E-state index in [1.165, 1.54) is 17.9 Å². The van der Waals surface area contributed by atoms with Crippen LogP contribution in [0.5, 0.6) is 0 Å². The molecule has 0 radical (unpaired) electrons. The van der Waals surface area contributed by atoms with Crippen molar-refractivity contribution in [1.82, 2.24) is 0 Å². The van der Waals surface area contributed by atoms with Crippen molar-refractivity contribution in [2.24, 2.45) is 0 Å². The summed E-state index contributed by atoms with van der Waals surface area (Å²) in [6.45, 7) is 0.0949. The summed E-state index contributed by atoms with van der Waals surface area (Å²) in [6, 6.07) is 15.5. The van der Waals surface area contributed by atoms with Crippen LogP contribution in [0.15, 0.2) is 54.6 Å². The quantitative estimate of drug-likeness (QED) is 0.368. The van der Waals surface area contributed by atoms with Crippen LogP contribution in [0.2, 0.25) is 0 Å². The van der Waals surface area contributed by atoms with Crippen LogP contribution in [0, 0.1) is 10.1 Å². The van der Waals surface area contributed by atoms with Gasteiger partial charge in [-0.1, -0.05) is 38.5 Å². The highest BCUT2D eigenvalue weighted by atomic mass is 31.1. The van der Waals surface area contributed by atoms with E-state index in [-0.39, 0.29) is 12.3 Å². The molecule has 0 aromatic heterocycles. The number of hydrogen-bond acceptors (Lipinski definition) is 4. The maximum Gasteiger partial charge on any atom is 0.335 e. The molecule has 21 heavy (non-hydrogen) atoms. The molecular weight excluding hydrogens is 289 g/mol. The van der Waals surface area contributed by atoms with Gasteiger partial charge in [0.2, 0.25) is 0 Å². The minimum atomic E-state index is -0.470. The smallest absolute Gasteiger partial charge is 0.335 e. The van der Waals surface area contributed by atoms with E-state index < -0.39 is 10.9 Å². The van der Waals surface area contributed by atoms with Crippen molar-refractivity contribution in [3.8, 4) is 0 Å². The minimum Gasteiger partial charge on any atom is -0.457 e. The predicted molar refractivity (Wildman–Crippen MR) is 82.0 cm³/mol. The monoisotopic (exact) mass is 301 g/mol. The van der Waals surface area contributed by atoms with E-state index in [4.69, 9.17) is 4.74 Å². The van der Waals surface area contributed by atoms with Gasteiger partial charge in [-0.15, -0.1) is 0 Å². The molecule has 0 aliphatic carbocycles. The Bertz CT molecular complexity index is 653. The highest BCUT2D eigenvalue weighted by Crippen LogP contribution is 2.12. The molecular formula is C15H12NO4P. The Morgan fingerprint density at radius 3 is 2.43 bits per heavy atom. The van der Waals surface area contributed by atoms with Crippen LogP contribution in [-0.4, -0.2) is 16.7 Å². The highest BCUT2D eigenvalue weighted by Gasteiger charge is 2.05. The van der Waals surface area contributed by atoms with Crippen LogP contribution in [0.4, 0.5) is 5.69 Å². The normalized spacial score (nSPS) is 10.5. The summed E-state index contributed by atoms with van der Waals surface area (Å²) < 4.78 is 5.08. The first-order chi connectivity index (χ1) is 10.1. The summed E-state index contributed by atoms with van der Waals surface area (Å²) in [4.78, 5) is 21.6. The van der Waals surface area contributed by atoms with Crippen LogP contribution in [0.25, 0.3) is 0 Å². The first kappa shape index (κ1) is 14.9. The van der Waals surface area contributed by atoms with Gasteiger partial charge < -0.3 is 4.74 Å². The summed E-state index contributed by atoms with van der Waals surface area (Å²) >= 11 is 0. The third-order valence-corrected chi connectivity index (χ3v) is 3.54. The van der Waals surface area contributed by atoms with Crippen molar-refractivity contribution in [1.29, 1.82) is 0 Å². The van der Waals surface area contributed by atoms with Gasteiger partial charge in [0.25, 0.3) is 5.69 Å². The first-order valence-corrected chi connectivity index (χ1v) is 7.11. The zero-order valence-electron chi connectivity index (χ0n) is 11.0. The highest BCUT2D eigenvalue weighted by molar-refractivity contribution is 7.49. The van der Waals surface area contributed by atoms with Crippen LogP contribution in [-0.2, 0) is 16.1 Å². The lowest BCUT2D eigenvalue weighted by Crippen LogP contribution is -2.05. The molecule has 2 rings (SSSR count). The number of nitro benzene ring substituents is 1. The van der Waals surface area contributed by atoms with Gasteiger partial charge in [0.05, 0.1) is 10.7 Å². The number of esters is 1. The minimum absolute atomic E-state index is 0.0132. The molecule has 0 N–H and O–H groups in total. The molecule has 0 spiro atoms. The Labute approximate surface area is 123 Å². The van der Waals surface area contributed by atoms with E-state index >= 15 is 0 Å². The topological polar surface area (TPSA) is 69.4 Å². The van der Waals surface area contributed by atoms with Gasteiger partial charge in [0.1, 0.15) is 6.61 Å². The number of nitro groups is 1. The Balaban J connectivity index is 1.86. The lowest BCUT2D eigenvalue weighted by molar-refractivity contribution is -0.384. The lowest BCUT2D eigenvalue weighted by Gasteiger charge is -2.01. The molecule has 6 heteroatoms. The number of hydrogen-bond donors (Lipinski definition) is 0. The summed E-state index contributed by atoms with van der Waals surface area (Å²) in [6.07, 6.45) is 0. The third kappa shape index (κ3) is 4.82. The number of rotatable bonds is 5. The van der Waals surface area contributed by atoms with Gasteiger partial charge in [-0.25, -0.2) is 4.79 Å². The zero-order valence-corrected chi connectivity index (χ0v) is 11.9. The molecule has 106 valence electrons. The molecule has 0 bridgehead atoms. The number of benzene rings is 2. The average Bonchev–Trinajstić information content (AvgIpc) is 2.52. The molecule has 0 unspecified atom stereocenters. The van der Waals surface area contributed by atoms with E-state index in [0.29, 0.717) is 5.56 Å². The van der Waals surface area contributed by atoms with Crippen molar-refractivity contribution in [2.45, 2.75) is 6.61 Å². The van der Waals surface area contributed by atoms with Crippen LogP contribution < -0.4 is 5.30 Å². The summed E-state index contributed by atoms with van der Waals surface area (Å²) in [5.74, 6) is 1.03. The number of ether oxygens (including phenoxy) is 1. The molecule has 0 fully saturated rings. The molecule has 0 aliphatic heterocycles. The second kappa shape index (κ2) is 7.31. The Morgan fingerprint density at radius 1 is 1.14 bits per heavy atom. The largest absolute Gasteiger partial charge is 0.457 e. The Hall–Kier alpha value is -2.52. The summed E-state index contributed by atoms with van der Waals surface area (Å²) in [7, 11) is 0.770. The standard InChI is InChI=1S/C15H12NO4P/c17-15(11-21-14-4-2-1-3-5-14)20-10-12-6-8-13(9-7-12)16(18)19/h1-9,11H,10H2. The predicted octanol–water partition coefficient (Wildman–Crippen LogP) is 2.71. The number of carbonyl (C=O) groups is 1. The number of nitrogens with zero attached hydrogens (tertiary/aromatic N) is 1. The van der Waals surface area contributed by atoms with Crippen LogP contribution in [0.1, 0.15) is 5.56 Å². The number of carbonyl (C=O) groups excluding carboxylic acids is 1. The van der Waals surface area contributed by atoms with Gasteiger partial charge in [-0.2, -0.15) is 0 Å². The van der Waals surface area contributed by atoms with Gasteiger partial charge in [-0.05, 0) is 17.7 Å². The van der Waals surface area contributed by atoms with Crippen molar-refractivity contribution in [3.05, 3.63) is 70.3 Å². The molecule has 2 aromatic carbocycles. The average molecular weight is 301 g/mol. The van der Waals surface area contributed by atoms with Crippen molar-refractivity contribution >= 4 is 31.0 Å². The molecule has 0 heterocycles. The van der Waals surface area contributed by atoms with Gasteiger partial charge >= 0.3 is 5.97 Å². The third-order valence-electron chi connectivity index (χ3n) is 2.60. The van der Waals surface area contributed by atoms with E-state index in [0.717, 1.165) is 13.5 Å². The Kier molecular flexibility index (Phi) is 5.18. The van der Waals surface area contributed by atoms with Gasteiger partial charge in [-0.3, -0.25) is 10.1 Å². The molecule has 0 saturated heterocycles. The maximum atomic E-state index is 11.6. The van der Waals surface area contributed by atoms with E-state index in [9.17, 15) is 14.9 Å². The molecule has 2 aromatic rings. The fourth-order valence-electron chi connectivity index (χ4n) is 1.55. The SMILES string of the molecule is O=C(C=Pc1ccccc1)OCc1ccc([N+](=O)[O-])cc1. The van der Waals surface area contributed by atoms with Gasteiger partial charge in [0.15, 0.2) is 0 Å². The summed E-state index contributed by atoms with van der Waals surface area (Å²) in [5, 5.41) is 11.5. The summed E-state index contributed by atoms with van der Waals surface area (Å²) in [5.41, 5.74) is 0.720. The van der Waals surface area contributed by atoms with Crippen molar-refractivity contribution < 1.29 is 14.5 Å². The van der Waals surface area contributed by atoms with Crippen LogP contribution in [0.3, 0.4) is 0 Å². The Morgan fingerprint density at radius 2 is 1.81 bits per heavy atom. The van der Waals surface area contributed by atoms with Crippen LogP contribution >= 0.6 is 8.20 Å². The molecule has 5 nitrogen and oxygen atoms in total. The van der Waals surface area contributed by atoms with E-state index in [2.05, 4.69) is 0 Å². The molecule has 0 aliphatic rings. The lowest BCUT2D eigenvalue weighted by atomic mass is 10.2. The molecule has 0 amide bonds. The van der Waals surface area contributed by atoms with Gasteiger partial charge in [0, 0.05) is 17.4 Å². The second-order valence-corrected chi connectivity index (χ2v) is 5.16. The zero-order chi connectivity index (χ0) is 15.1. The van der Waals surface area contributed by atoms with Crippen molar-refractivity contribution in [3.63, 3.8) is 0 Å². The fourth-order valence-corrected chi connectivity index (χ4v) is 2.22.